The number of sulfonamides is 1. The van der Waals surface area contributed by atoms with Gasteiger partial charge < -0.3 is 9.30 Å². The Balaban J connectivity index is 1.66. The molecule has 3 aromatic rings. The van der Waals surface area contributed by atoms with Gasteiger partial charge in [0.2, 0.25) is 10.0 Å². The molecule has 1 aliphatic heterocycles. The van der Waals surface area contributed by atoms with Crippen molar-refractivity contribution in [1.29, 1.82) is 0 Å². The molecule has 35 heavy (non-hydrogen) atoms. The van der Waals surface area contributed by atoms with Gasteiger partial charge in [-0.2, -0.15) is 9.30 Å². The summed E-state index contributed by atoms with van der Waals surface area (Å²) in [7, 11) is -1.94. The maximum absolute atomic E-state index is 13.2. The average Bonchev–Trinajstić information content (AvgIpc) is 3.18. The van der Waals surface area contributed by atoms with Crippen molar-refractivity contribution < 1.29 is 17.9 Å². The van der Waals surface area contributed by atoms with E-state index in [2.05, 4.69) is 31.0 Å². The molecule has 0 N–H and O–H groups in total. The zero-order chi connectivity index (χ0) is 25.2. The maximum atomic E-state index is 13.2. The molecular weight excluding hydrogens is 482 g/mol. The van der Waals surface area contributed by atoms with Crippen LogP contribution in [0.25, 0.3) is 10.2 Å². The highest BCUT2D eigenvalue weighted by molar-refractivity contribution is 7.89. The van der Waals surface area contributed by atoms with Crippen LogP contribution >= 0.6 is 11.3 Å². The number of hydrogen-bond donors (Lipinski definition) is 0. The molecule has 1 aliphatic rings. The van der Waals surface area contributed by atoms with Gasteiger partial charge in [0, 0.05) is 31.8 Å². The Kier molecular flexibility index (Phi) is 7.90. The zero-order valence-electron chi connectivity index (χ0n) is 20.8. The first kappa shape index (κ1) is 25.8. The monoisotopic (exact) mass is 515 g/mol. The van der Waals surface area contributed by atoms with E-state index in [1.165, 1.54) is 34.6 Å². The summed E-state index contributed by atoms with van der Waals surface area (Å²) in [6.45, 7) is 7.79. The van der Waals surface area contributed by atoms with Crippen molar-refractivity contribution in [2.24, 2.45) is 4.99 Å². The van der Waals surface area contributed by atoms with E-state index in [1.54, 1.807) is 23.5 Å². The summed E-state index contributed by atoms with van der Waals surface area (Å²) in [5, 5.41) is 0. The molecule has 2 aromatic carbocycles. The van der Waals surface area contributed by atoms with Gasteiger partial charge in [0.05, 0.1) is 21.7 Å². The van der Waals surface area contributed by atoms with Gasteiger partial charge in [-0.1, -0.05) is 24.7 Å². The second kappa shape index (κ2) is 10.7. The van der Waals surface area contributed by atoms with Gasteiger partial charge in [-0.25, -0.2) is 8.42 Å². The first-order valence-corrected chi connectivity index (χ1v) is 14.3. The molecule has 9 heteroatoms. The molecule has 2 heterocycles. The Bertz CT molecular complexity index is 1390. The van der Waals surface area contributed by atoms with Crippen LogP contribution in [-0.4, -0.2) is 49.5 Å². The number of benzene rings is 2. The highest BCUT2D eigenvalue weighted by Gasteiger charge is 2.32. The number of thiazole rings is 1. The van der Waals surface area contributed by atoms with Crippen LogP contribution in [0.4, 0.5) is 0 Å². The third-order valence-corrected chi connectivity index (χ3v) is 9.77. The van der Waals surface area contributed by atoms with E-state index in [9.17, 15) is 13.2 Å². The molecule has 1 unspecified atom stereocenters. The number of hydrogen-bond acceptors (Lipinski definition) is 5. The number of methoxy groups -OCH3 is 1. The molecule has 0 saturated carbocycles. The number of aryl methyl sites for hydroxylation is 2. The van der Waals surface area contributed by atoms with Crippen LogP contribution in [0.15, 0.2) is 46.3 Å². The Morgan fingerprint density at radius 2 is 1.86 bits per heavy atom. The molecule has 4 rings (SSSR count). The molecule has 1 saturated heterocycles. The number of fused-ring (bicyclic) bond motifs is 1. The number of rotatable bonds is 7. The van der Waals surface area contributed by atoms with Gasteiger partial charge in [-0.05, 0) is 80.6 Å². The van der Waals surface area contributed by atoms with Crippen LogP contribution in [0, 0.1) is 13.8 Å². The Morgan fingerprint density at radius 3 is 2.54 bits per heavy atom. The number of nitrogens with zero attached hydrogens (tertiary/aromatic N) is 3. The standard InChI is InChI=1S/C26H33N3O4S2/c1-5-21-8-6-7-13-29(21)35(31,32)22-11-9-20(10-12-22)25(30)27-26-28(14-15-33-4)23-16-18(2)19(3)17-24(23)34-26/h9-12,16-17,21H,5-8,13-15H2,1-4H3. The van der Waals surface area contributed by atoms with Gasteiger partial charge in [-0.15, -0.1) is 0 Å². The van der Waals surface area contributed by atoms with Crippen molar-refractivity contribution in [2.45, 2.75) is 63.9 Å². The van der Waals surface area contributed by atoms with Crippen molar-refractivity contribution in [1.82, 2.24) is 8.87 Å². The van der Waals surface area contributed by atoms with Crippen LogP contribution in [0.1, 0.15) is 54.1 Å². The third kappa shape index (κ3) is 5.28. The Hall–Kier alpha value is -2.33. The van der Waals surface area contributed by atoms with Crippen molar-refractivity contribution in [3.8, 4) is 0 Å². The van der Waals surface area contributed by atoms with E-state index in [4.69, 9.17) is 4.74 Å². The van der Waals surface area contributed by atoms with E-state index in [0.717, 1.165) is 35.9 Å². The number of piperidine rings is 1. The quantitative estimate of drug-likeness (QED) is 0.458. The molecular formula is C26H33N3O4S2. The first-order valence-electron chi connectivity index (χ1n) is 12.1. The zero-order valence-corrected chi connectivity index (χ0v) is 22.4. The summed E-state index contributed by atoms with van der Waals surface area (Å²) in [6, 6.07) is 10.4. The Labute approximate surface area is 211 Å². The third-order valence-electron chi connectivity index (χ3n) is 6.77. The summed E-state index contributed by atoms with van der Waals surface area (Å²) in [5.74, 6) is -0.399. The van der Waals surface area contributed by atoms with Gasteiger partial charge >= 0.3 is 0 Å². The highest BCUT2D eigenvalue weighted by Crippen LogP contribution is 2.27. The fraction of sp³-hybridized carbons (Fsp3) is 0.462. The van der Waals surface area contributed by atoms with E-state index in [-0.39, 0.29) is 10.9 Å². The van der Waals surface area contributed by atoms with Crippen LogP contribution in [-0.2, 0) is 21.3 Å². The van der Waals surface area contributed by atoms with Crippen molar-refractivity contribution in [3.05, 3.63) is 57.9 Å². The summed E-state index contributed by atoms with van der Waals surface area (Å²) in [4.78, 5) is 18.3. The normalized spacial score (nSPS) is 17.8. The maximum Gasteiger partial charge on any atom is 0.279 e. The number of aromatic nitrogens is 1. The number of carbonyl (C=O) groups is 1. The minimum absolute atomic E-state index is 0.0350. The summed E-state index contributed by atoms with van der Waals surface area (Å²) < 4.78 is 36.4. The second-order valence-corrected chi connectivity index (χ2v) is 11.9. The molecule has 1 aromatic heterocycles. The molecule has 188 valence electrons. The first-order chi connectivity index (χ1) is 16.8. The molecule has 1 amide bonds. The minimum Gasteiger partial charge on any atom is -0.383 e. The Morgan fingerprint density at radius 1 is 1.14 bits per heavy atom. The van der Waals surface area contributed by atoms with Gasteiger partial charge in [-0.3, -0.25) is 4.79 Å². The molecule has 0 aliphatic carbocycles. The predicted octanol–water partition coefficient (Wildman–Crippen LogP) is 4.66. The SMILES string of the molecule is CCC1CCCCN1S(=O)(=O)c1ccc(C(=O)N=c2sc3cc(C)c(C)cc3n2CCOC)cc1. The molecule has 0 spiro atoms. The molecule has 0 bridgehead atoms. The van der Waals surface area contributed by atoms with Gasteiger partial charge in [0.15, 0.2) is 4.80 Å². The van der Waals surface area contributed by atoms with Crippen LogP contribution in [0.2, 0.25) is 0 Å². The van der Waals surface area contributed by atoms with Crippen molar-refractivity contribution in [3.63, 3.8) is 0 Å². The van der Waals surface area contributed by atoms with E-state index >= 15 is 0 Å². The van der Waals surface area contributed by atoms with Crippen molar-refractivity contribution in [2.75, 3.05) is 20.3 Å². The lowest BCUT2D eigenvalue weighted by Crippen LogP contribution is -2.43. The van der Waals surface area contributed by atoms with Crippen LogP contribution in [0.3, 0.4) is 0 Å². The largest absolute Gasteiger partial charge is 0.383 e. The van der Waals surface area contributed by atoms with Gasteiger partial charge in [0.25, 0.3) is 5.91 Å². The summed E-state index contributed by atoms with van der Waals surface area (Å²) in [5.41, 5.74) is 3.74. The molecule has 0 radical (unpaired) electrons. The fourth-order valence-electron chi connectivity index (χ4n) is 4.56. The van der Waals surface area contributed by atoms with Crippen LogP contribution < -0.4 is 4.80 Å². The molecule has 1 fully saturated rings. The second-order valence-electron chi connectivity index (χ2n) is 9.05. The molecule has 1 atom stereocenters. The minimum atomic E-state index is -3.59. The van der Waals surface area contributed by atoms with E-state index in [1.807, 2.05) is 11.5 Å². The van der Waals surface area contributed by atoms with Gasteiger partial charge in [0.1, 0.15) is 0 Å². The van der Waals surface area contributed by atoms with E-state index < -0.39 is 15.9 Å². The lowest BCUT2D eigenvalue weighted by molar-refractivity contribution is 0.0997. The lowest BCUT2D eigenvalue weighted by atomic mass is 10.0. The van der Waals surface area contributed by atoms with E-state index in [0.29, 0.717) is 30.1 Å². The average molecular weight is 516 g/mol. The smallest absolute Gasteiger partial charge is 0.279 e. The summed E-state index contributed by atoms with van der Waals surface area (Å²) in [6.07, 6.45) is 3.62. The topological polar surface area (TPSA) is 81.0 Å². The predicted molar refractivity (Wildman–Crippen MR) is 139 cm³/mol. The number of carbonyl (C=O) groups excluding carboxylic acids is 1. The fourth-order valence-corrected chi connectivity index (χ4v) is 7.46. The van der Waals surface area contributed by atoms with Crippen LogP contribution in [0.5, 0.6) is 0 Å². The lowest BCUT2D eigenvalue weighted by Gasteiger charge is -2.34. The number of ether oxygens (including phenoxy) is 1. The highest BCUT2D eigenvalue weighted by atomic mass is 32.2. The summed E-state index contributed by atoms with van der Waals surface area (Å²) >= 11 is 1.47. The molecule has 7 nitrogen and oxygen atoms in total. The number of amides is 1. The van der Waals surface area contributed by atoms with Crippen molar-refractivity contribution >= 4 is 37.5 Å².